The first-order valence-electron chi connectivity index (χ1n) is 14.6. The van der Waals surface area contributed by atoms with Crippen LogP contribution in [-0.2, 0) is 36.8 Å². The summed E-state index contributed by atoms with van der Waals surface area (Å²) in [7, 11) is 17.4. The zero-order chi connectivity index (χ0) is 29.6. The van der Waals surface area contributed by atoms with Crippen molar-refractivity contribution in [3.8, 4) is 0 Å². The molecule has 0 saturated carbocycles. The van der Waals surface area contributed by atoms with Crippen LogP contribution in [0.5, 0.6) is 0 Å². The van der Waals surface area contributed by atoms with Crippen molar-refractivity contribution in [1.82, 2.24) is 0 Å². The van der Waals surface area contributed by atoms with Gasteiger partial charge < -0.3 is 0 Å². The molecule has 0 aliphatic heterocycles. The van der Waals surface area contributed by atoms with Crippen LogP contribution in [0.2, 0.25) is 0 Å². The van der Waals surface area contributed by atoms with Crippen LogP contribution >= 0.6 is 0 Å². The summed E-state index contributed by atoms with van der Waals surface area (Å²) in [6.45, 7) is 0. The SMILES string of the molecule is CN(C)c1ccccc1[CH2][Zr]([CH2]c1ccccc1N(C)C)([CH2]c1ccccc1N(C)C)[CH2]c1ccccc1N(C)C. The Morgan fingerprint density at radius 1 is 0.341 bits per heavy atom. The Morgan fingerprint density at radius 3 is 0.732 bits per heavy atom. The first-order valence-corrected chi connectivity index (χ1v) is 21.6. The van der Waals surface area contributed by atoms with E-state index in [-0.39, 0.29) is 0 Å². The van der Waals surface area contributed by atoms with Crippen LogP contribution in [-0.4, -0.2) is 56.4 Å². The molecule has 0 radical (unpaired) electrons. The van der Waals surface area contributed by atoms with E-state index < -0.39 is 20.3 Å². The molecule has 0 aliphatic carbocycles. The van der Waals surface area contributed by atoms with Gasteiger partial charge in [-0.05, 0) is 0 Å². The molecular formula is C36H48N4Zr. The number of para-hydroxylation sites is 4. The number of hydrogen-bond donors (Lipinski definition) is 0. The molecule has 4 aromatic rings. The molecule has 0 fully saturated rings. The predicted octanol–water partition coefficient (Wildman–Crippen LogP) is 7.21. The van der Waals surface area contributed by atoms with Crippen LogP contribution in [0.4, 0.5) is 22.7 Å². The molecule has 5 heteroatoms. The molecule has 0 aromatic heterocycles. The predicted molar refractivity (Wildman–Crippen MR) is 178 cm³/mol. The number of benzene rings is 4. The van der Waals surface area contributed by atoms with Crippen molar-refractivity contribution >= 4 is 22.7 Å². The van der Waals surface area contributed by atoms with E-state index in [1.54, 1.807) is 0 Å². The van der Waals surface area contributed by atoms with Crippen molar-refractivity contribution < 1.29 is 20.3 Å². The summed E-state index contributed by atoms with van der Waals surface area (Å²) in [4.78, 5) is 9.17. The molecule has 4 nitrogen and oxygen atoms in total. The minimum absolute atomic E-state index is 1.17. The molecule has 0 amide bonds. The number of nitrogens with zero attached hydrogens (tertiary/aromatic N) is 4. The third kappa shape index (κ3) is 7.63. The number of anilines is 4. The van der Waals surface area contributed by atoms with Gasteiger partial charge in [0.2, 0.25) is 0 Å². The van der Waals surface area contributed by atoms with Crippen LogP contribution in [0, 0.1) is 0 Å². The summed E-state index contributed by atoms with van der Waals surface area (Å²) in [5.41, 5.74) is 11.3. The van der Waals surface area contributed by atoms with Gasteiger partial charge in [0.1, 0.15) is 0 Å². The van der Waals surface area contributed by atoms with E-state index in [0.29, 0.717) is 0 Å². The summed E-state index contributed by atoms with van der Waals surface area (Å²) in [6, 6.07) is 36.3. The summed E-state index contributed by atoms with van der Waals surface area (Å²) in [5.74, 6) is 0. The summed E-state index contributed by atoms with van der Waals surface area (Å²) < 4.78 is 4.70. The molecule has 216 valence electrons. The van der Waals surface area contributed by atoms with E-state index in [1.165, 1.54) is 61.5 Å². The molecule has 0 aliphatic rings. The second kappa shape index (κ2) is 13.8. The first-order chi connectivity index (χ1) is 19.6. The molecule has 4 rings (SSSR count). The Balaban J connectivity index is 1.97. The van der Waals surface area contributed by atoms with Gasteiger partial charge in [-0.1, -0.05) is 0 Å². The zero-order valence-electron chi connectivity index (χ0n) is 26.4. The van der Waals surface area contributed by atoms with Gasteiger partial charge in [-0.2, -0.15) is 0 Å². The normalized spacial score (nSPS) is 11.3. The Bertz CT molecular complexity index is 1210. The van der Waals surface area contributed by atoms with Gasteiger partial charge in [0, 0.05) is 0 Å². The molecule has 0 bridgehead atoms. The van der Waals surface area contributed by atoms with E-state index in [2.05, 4.69) is 173 Å². The van der Waals surface area contributed by atoms with Gasteiger partial charge in [0.15, 0.2) is 0 Å². The van der Waals surface area contributed by atoms with E-state index in [4.69, 9.17) is 0 Å². The van der Waals surface area contributed by atoms with Crippen LogP contribution in [0.1, 0.15) is 22.3 Å². The molecule has 4 aromatic carbocycles. The Kier molecular flexibility index (Phi) is 10.4. The molecule has 0 unspecified atom stereocenters. The summed E-state index contributed by atoms with van der Waals surface area (Å²) in [6.07, 6.45) is 0. The van der Waals surface area contributed by atoms with Crippen LogP contribution in [0.3, 0.4) is 0 Å². The molecule has 0 saturated heterocycles. The van der Waals surface area contributed by atoms with Crippen molar-refractivity contribution in [3.05, 3.63) is 119 Å². The fraction of sp³-hybridized carbons (Fsp3) is 0.333. The second-order valence-electron chi connectivity index (χ2n) is 12.3. The first kappa shape index (κ1) is 30.9. The quantitative estimate of drug-likeness (QED) is 0.165. The van der Waals surface area contributed by atoms with E-state index in [1.807, 2.05) is 0 Å². The van der Waals surface area contributed by atoms with Gasteiger partial charge in [-0.15, -0.1) is 0 Å². The van der Waals surface area contributed by atoms with Gasteiger partial charge >= 0.3 is 255 Å². The van der Waals surface area contributed by atoms with Crippen molar-refractivity contribution in [2.24, 2.45) is 0 Å². The van der Waals surface area contributed by atoms with Gasteiger partial charge in [0.25, 0.3) is 0 Å². The zero-order valence-corrected chi connectivity index (χ0v) is 28.8. The van der Waals surface area contributed by atoms with E-state index in [0.717, 1.165) is 0 Å². The molecule has 41 heavy (non-hydrogen) atoms. The topological polar surface area (TPSA) is 13.0 Å². The number of hydrogen-bond acceptors (Lipinski definition) is 4. The summed E-state index contributed by atoms with van der Waals surface area (Å²) >= 11 is -3.24. The van der Waals surface area contributed by atoms with Gasteiger partial charge in [0.05, 0.1) is 0 Å². The Morgan fingerprint density at radius 2 is 0.537 bits per heavy atom. The fourth-order valence-electron chi connectivity index (χ4n) is 6.38. The van der Waals surface area contributed by atoms with Crippen molar-refractivity contribution in [1.29, 1.82) is 0 Å². The summed E-state index contributed by atoms with van der Waals surface area (Å²) in [5, 5.41) is 0. The second-order valence-corrected chi connectivity index (χ2v) is 23.1. The molecule has 0 heterocycles. The standard InChI is InChI=1S/4C9H12N.Zr/c4*1-8-6-4-5-7-9(8)10(2)3;/h4*4-7H,1H2,2-3H3;. The molecular weight excluding hydrogens is 580 g/mol. The van der Waals surface area contributed by atoms with Crippen molar-refractivity contribution in [2.75, 3.05) is 76.0 Å². The minimum atomic E-state index is -3.24. The van der Waals surface area contributed by atoms with Crippen molar-refractivity contribution in [3.63, 3.8) is 0 Å². The van der Waals surface area contributed by atoms with Crippen LogP contribution in [0.15, 0.2) is 97.1 Å². The molecule has 0 N–H and O–H groups in total. The number of rotatable bonds is 12. The van der Waals surface area contributed by atoms with Gasteiger partial charge in [-0.25, -0.2) is 0 Å². The molecule has 0 spiro atoms. The van der Waals surface area contributed by atoms with Crippen LogP contribution < -0.4 is 19.6 Å². The average Bonchev–Trinajstić information content (AvgIpc) is 2.93. The van der Waals surface area contributed by atoms with E-state index >= 15 is 0 Å². The fourth-order valence-corrected chi connectivity index (χ4v) is 19.1. The third-order valence-corrected chi connectivity index (χ3v) is 19.3. The van der Waals surface area contributed by atoms with Crippen LogP contribution in [0.25, 0.3) is 0 Å². The average molecular weight is 628 g/mol. The maximum atomic E-state index is 2.38. The Hall–Kier alpha value is -3.04. The Labute approximate surface area is 253 Å². The van der Waals surface area contributed by atoms with Gasteiger partial charge in [-0.3, -0.25) is 0 Å². The van der Waals surface area contributed by atoms with E-state index in [9.17, 15) is 0 Å². The molecule has 0 atom stereocenters. The van der Waals surface area contributed by atoms with Crippen molar-refractivity contribution in [2.45, 2.75) is 16.5 Å². The monoisotopic (exact) mass is 626 g/mol. The maximum absolute atomic E-state index is 3.24. The third-order valence-electron chi connectivity index (χ3n) is 8.16.